The molecule has 0 unspecified atom stereocenters. The molecule has 0 saturated carbocycles. The van der Waals surface area contributed by atoms with E-state index >= 15 is 0 Å². The Labute approximate surface area is 145 Å². The van der Waals surface area contributed by atoms with Crippen molar-refractivity contribution in [3.8, 4) is 11.5 Å². The molecule has 0 bridgehead atoms. The van der Waals surface area contributed by atoms with Crippen molar-refractivity contribution in [1.29, 1.82) is 0 Å². The van der Waals surface area contributed by atoms with Gasteiger partial charge >= 0.3 is 5.97 Å². The van der Waals surface area contributed by atoms with Crippen LogP contribution in [-0.2, 0) is 16.1 Å². The van der Waals surface area contributed by atoms with Gasteiger partial charge in [0.1, 0.15) is 12.3 Å². The predicted molar refractivity (Wildman–Crippen MR) is 92.9 cm³/mol. The molecule has 0 fully saturated rings. The fraction of sp³-hybridized carbons (Fsp3) is 0.167. The van der Waals surface area contributed by atoms with Gasteiger partial charge < -0.3 is 14.2 Å². The molecule has 2 rings (SSSR count). The molecule has 0 saturated heterocycles. The zero-order valence-electron chi connectivity index (χ0n) is 13.9. The van der Waals surface area contributed by atoms with Gasteiger partial charge in [0.05, 0.1) is 14.2 Å². The van der Waals surface area contributed by atoms with Crippen molar-refractivity contribution >= 4 is 12.0 Å². The van der Waals surface area contributed by atoms with E-state index in [1.807, 2.05) is 30.3 Å². The van der Waals surface area contributed by atoms with Crippen molar-refractivity contribution < 1.29 is 19.0 Å². The van der Waals surface area contributed by atoms with Crippen LogP contribution in [0.2, 0.25) is 0 Å². The third-order valence-corrected chi connectivity index (χ3v) is 3.28. The number of hydrogen-bond acceptors (Lipinski definition) is 5. The molecule has 0 N–H and O–H groups in total. The number of ether oxygens (including phenoxy) is 3. The first-order valence-corrected chi connectivity index (χ1v) is 7.37. The molecule has 7 nitrogen and oxygen atoms in total. The van der Waals surface area contributed by atoms with E-state index in [1.54, 1.807) is 18.2 Å². The van der Waals surface area contributed by atoms with Gasteiger partial charge in [0.15, 0.2) is 11.5 Å². The van der Waals surface area contributed by atoms with Gasteiger partial charge in [0.25, 0.3) is 0 Å². The van der Waals surface area contributed by atoms with Gasteiger partial charge in [-0.25, -0.2) is 4.79 Å². The Morgan fingerprint density at radius 3 is 2.56 bits per heavy atom. The normalized spacial score (nSPS) is 10.6. The van der Waals surface area contributed by atoms with Crippen LogP contribution >= 0.6 is 0 Å². The number of methoxy groups -OCH3 is 2. The molecule has 0 aliphatic rings. The summed E-state index contributed by atoms with van der Waals surface area (Å²) in [5.41, 5.74) is 10.0. The van der Waals surface area contributed by atoms with Crippen LogP contribution in [0, 0.1) is 0 Å². The summed E-state index contributed by atoms with van der Waals surface area (Å²) in [6.45, 7) is 0.401. The summed E-state index contributed by atoms with van der Waals surface area (Å²) in [5.74, 6) is 0.336. The topological polar surface area (TPSA) is 93.5 Å². The van der Waals surface area contributed by atoms with Crippen molar-refractivity contribution in [3.63, 3.8) is 0 Å². The third kappa shape index (κ3) is 5.02. The van der Waals surface area contributed by atoms with Crippen LogP contribution in [0.3, 0.4) is 0 Å². The second-order valence-corrected chi connectivity index (χ2v) is 4.90. The molecule has 0 radical (unpaired) electrons. The number of carbonyl (C=O) groups is 1. The van der Waals surface area contributed by atoms with Gasteiger partial charge in [-0.2, -0.15) is 0 Å². The number of hydrogen-bond donors (Lipinski definition) is 0. The van der Waals surface area contributed by atoms with E-state index in [2.05, 4.69) is 14.8 Å². The minimum atomic E-state index is -0.721. The first kappa shape index (κ1) is 17.9. The van der Waals surface area contributed by atoms with E-state index in [0.717, 1.165) is 5.56 Å². The van der Waals surface area contributed by atoms with E-state index in [1.165, 1.54) is 20.3 Å². The minimum absolute atomic E-state index is 0.148. The molecule has 0 aliphatic carbocycles. The van der Waals surface area contributed by atoms with E-state index < -0.39 is 5.97 Å². The monoisotopic (exact) mass is 339 g/mol. The van der Waals surface area contributed by atoms with Gasteiger partial charge in [-0.15, -0.1) is 0 Å². The van der Waals surface area contributed by atoms with Crippen LogP contribution in [-0.4, -0.2) is 20.2 Å². The first-order chi connectivity index (χ1) is 12.2. The molecule has 128 valence electrons. The fourth-order valence-electron chi connectivity index (χ4n) is 2.07. The van der Waals surface area contributed by atoms with Crippen molar-refractivity contribution in [2.45, 2.75) is 6.61 Å². The minimum Gasteiger partial charge on any atom is -0.493 e. The smallest absolute Gasteiger partial charge is 0.340 e. The fourth-order valence-corrected chi connectivity index (χ4v) is 2.07. The second-order valence-electron chi connectivity index (χ2n) is 4.90. The Bertz CT molecular complexity index is 812. The summed E-state index contributed by atoms with van der Waals surface area (Å²) in [5, 5.41) is 3.34. The van der Waals surface area contributed by atoms with E-state index in [9.17, 15) is 4.79 Å². The van der Waals surface area contributed by atoms with Crippen molar-refractivity contribution in [2.75, 3.05) is 14.2 Å². The van der Waals surface area contributed by atoms with Gasteiger partial charge in [-0.05, 0) is 34.9 Å². The number of azide groups is 1. The molecule has 2 aromatic rings. The summed E-state index contributed by atoms with van der Waals surface area (Å²) in [7, 11) is 2.73. The summed E-state index contributed by atoms with van der Waals surface area (Å²) in [6.07, 6.45) is 1.41. The molecule has 0 aliphatic heterocycles. The van der Waals surface area contributed by atoms with Crippen LogP contribution < -0.4 is 9.47 Å². The van der Waals surface area contributed by atoms with Crippen molar-refractivity contribution in [2.24, 2.45) is 5.11 Å². The molecule has 0 spiro atoms. The standard InChI is InChI=1S/C18H17N3O4/c1-23-17-11-14(10-15(20-21-19)18(22)24-2)8-9-16(17)25-12-13-6-4-3-5-7-13/h3-11H,12H2,1-2H3/b15-10-. The third-order valence-electron chi connectivity index (χ3n) is 3.28. The lowest BCUT2D eigenvalue weighted by Crippen LogP contribution is -2.02. The van der Waals surface area contributed by atoms with Gasteiger partial charge in [0, 0.05) is 4.91 Å². The molecule has 0 atom stereocenters. The highest BCUT2D eigenvalue weighted by Gasteiger charge is 2.10. The number of rotatable bonds is 7. The Morgan fingerprint density at radius 2 is 1.92 bits per heavy atom. The Hall–Kier alpha value is -3.44. The number of esters is 1. The lowest BCUT2D eigenvalue weighted by atomic mass is 10.1. The van der Waals surface area contributed by atoms with E-state index in [0.29, 0.717) is 23.7 Å². The number of nitrogens with zero attached hydrogens (tertiary/aromatic N) is 3. The highest BCUT2D eigenvalue weighted by Crippen LogP contribution is 2.29. The van der Waals surface area contributed by atoms with Crippen LogP contribution in [0.5, 0.6) is 11.5 Å². The van der Waals surface area contributed by atoms with Gasteiger partial charge in [0.2, 0.25) is 0 Å². The summed E-state index contributed by atoms with van der Waals surface area (Å²) in [6, 6.07) is 14.9. The predicted octanol–water partition coefficient (Wildman–Crippen LogP) is 4.10. The van der Waals surface area contributed by atoms with E-state index in [-0.39, 0.29) is 5.70 Å². The largest absolute Gasteiger partial charge is 0.493 e. The SMILES string of the molecule is COC(=O)/C(=C/c1ccc(OCc2ccccc2)c(OC)c1)N=[N+]=[N-]. The van der Waals surface area contributed by atoms with Crippen LogP contribution in [0.25, 0.3) is 16.5 Å². The van der Waals surface area contributed by atoms with Gasteiger partial charge in [-0.3, -0.25) is 0 Å². The molecule has 0 amide bonds. The van der Waals surface area contributed by atoms with Gasteiger partial charge in [-0.1, -0.05) is 41.5 Å². The lowest BCUT2D eigenvalue weighted by Gasteiger charge is -2.11. The van der Waals surface area contributed by atoms with Crippen molar-refractivity contribution in [1.82, 2.24) is 0 Å². The average molecular weight is 339 g/mol. The number of benzene rings is 2. The zero-order chi connectivity index (χ0) is 18.1. The maximum atomic E-state index is 11.6. The maximum Gasteiger partial charge on any atom is 0.340 e. The van der Waals surface area contributed by atoms with Crippen LogP contribution in [0.1, 0.15) is 11.1 Å². The molecule has 0 heterocycles. The number of carbonyl (C=O) groups excluding carboxylic acids is 1. The summed E-state index contributed by atoms with van der Waals surface area (Å²) >= 11 is 0. The summed E-state index contributed by atoms with van der Waals surface area (Å²) in [4.78, 5) is 14.2. The second kappa shape index (κ2) is 9.00. The highest BCUT2D eigenvalue weighted by atomic mass is 16.5. The molecular weight excluding hydrogens is 322 g/mol. The first-order valence-electron chi connectivity index (χ1n) is 7.37. The Morgan fingerprint density at radius 1 is 1.16 bits per heavy atom. The molecular formula is C18H17N3O4. The van der Waals surface area contributed by atoms with Crippen LogP contribution in [0.4, 0.5) is 0 Å². The summed E-state index contributed by atoms with van der Waals surface area (Å²) < 4.78 is 15.7. The van der Waals surface area contributed by atoms with Crippen molar-refractivity contribution in [3.05, 3.63) is 75.8 Å². The zero-order valence-corrected chi connectivity index (χ0v) is 13.9. The lowest BCUT2D eigenvalue weighted by molar-refractivity contribution is -0.136. The Kier molecular flexibility index (Phi) is 6.45. The average Bonchev–Trinajstić information content (AvgIpc) is 2.66. The maximum absolute atomic E-state index is 11.6. The molecule has 2 aromatic carbocycles. The Balaban J connectivity index is 2.23. The quantitative estimate of drug-likeness (QED) is 0.249. The van der Waals surface area contributed by atoms with Crippen LogP contribution in [0.15, 0.2) is 59.3 Å². The molecule has 0 aromatic heterocycles. The molecule has 7 heteroatoms. The molecule has 25 heavy (non-hydrogen) atoms. The van der Waals surface area contributed by atoms with E-state index in [4.69, 9.17) is 15.0 Å². The highest BCUT2D eigenvalue weighted by molar-refractivity contribution is 5.93.